The number of aryl methyl sites for hydroxylation is 1. The number of carbonyl (C=O) groups excluding carboxylic acids is 1. The normalized spacial score (nSPS) is 11.1. The van der Waals surface area contributed by atoms with Crippen molar-refractivity contribution in [2.45, 2.75) is 13.8 Å². The zero-order chi connectivity index (χ0) is 17.1. The molecular weight excluding hydrogens is 300 g/mol. The number of hydrogen-bond donors (Lipinski definition) is 2. The summed E-state index contributed by atoms with van der Waals surface area (Å²) >= 11 is 0. The fourth-order valence-electron chi connectivity index (χ4n) is 2.61. The number of hydrogen-bond acceptors (Lipinski definition) is 2. The molecular formula is C20H20N2O2. The van der Waals surface area contributed by atoms with Gasteiger partial charge in [-0.2, -0.15) is 0 Å². The highest BCUT2D eigenvalue weighted by Crippen LogP contribution is 2.24. The molecule has 3 aromatic rings. The molecule has 2 aromatic carbocycles. The minimum Gasteiger partial charge on any atom is -0.497 e. The van der Waals surface area contributed by atoms with Crippen molar-refractivity contribution in [1.82, 2.24) is 4.98 Å². The van der Waals surface area contributed by atoms with Crippen LogP contribution in [0.2, 0.25) is 0 Å². The van der Waals surface area contributed by atoms with Gasteiger partial charge in [0.05, 0.1) is 7.11 Å². The van der Waals surface area contributed by atoms with Crippen LogP contribution in [0.5, 0.6) is 5.75 Å². The number of aromatic nitrogens is 1. The summed E-state index contributed by atoms with van der Waals surface area (Å²) in [6, 6.07) is 11.7. The molecule has 3 rings (SSSR count). The van der Waals surface area contributed by atoms with Gasteiger partial charge in [0, 0.05) is 34.4 Å². The fraction of sp³-hybridized carbons (Fsp3) is 0.150. The highest BCUT2D eigenvalue weighted by Gasteiger charge is 2.05. The van der Waals surface area contributed by atoms with E-state index in [1.807, 2.05) is 56.4 Å². The van der Waals surface area contributed by atoms with Crippen LogP contribution in [0.1, 0.15) is 16.7 Å². The van der Waals surface area contributed by atoms with Crippen molar-refractivity contribution >= 4 is 28.6 Å². The minimum absolute atomic E-state index is 0.152. The number of amides is 1. The van der Waals surface area contributed by atoms with E-state index >= 15 is 0 Å². The van der Waals surface area contributed by atoms with Gasteiger partial charge >= 0.3 is 0 Å². The van der Waals surface area contributed by atoms with Crippen molar-refractivity contribution in [3.63, 3.8) is 0 Å². The van der Waals surface area contributed by atoms with Gasteiger partial charge in [-0.05, 0) is 55.3 Å². The van der Waals surface area contributed by atoms with E-state index in [0.717, 1.165) is 39.0 Å². The lowest BCUT2D eigenvalue weighted by atomic mass is 10.1. The van der Waals surface area contributed by atoms with Crippen LogP contribution >= 0.6 is 0 Å². The Kier molecular flexibility index (Phi) is 4.38. The molecule has 2 N–H and O–H groups in total. The van der Waals surface area contributed by atoms with Crippen LogP contribution in [0, 0.1) is 13.8 Å². The molecule has 0 saturated carbocycles. The zero-order valence-electron chi connectivity index (χ0n) is 14.0. The zero-order valence-corrected chi connectivity index (χ0v) is 14.0. The topological polar surface area (TPSA) is 54.1 Å². The molecule has 0 saturated heterocycles. The number of rotatable bonds is 4. The van der Waals surface area contributed by atoms with Gasteiger partial charge in [-0.1, -0.05) is 12.1 Å². The number of ether oxygens (including phenoxy) is 1. The van der Waals surface area contributed by atoms with Gasteiger partial charge in [0.2, 0.25) is 5.91 Å². The minimum atomic E-state index is -0.152. The summed E-state index contributed by atoms with van der Waals surface area (Å²) in [6.07, 6.45) is 5.23. The SMILES string of the molecule is COc1ccc2[nH]cc(/C=C/C(=O)Nc3cccc(C)c3C)c2c1. The number of H-pyrrole nitrogens is 1. The van der Waals surface area contributed by atoms with E-state index < -0.39 is 0 Å². The van der Waals surface area contributed by atoms with Gasteiger partial charge in [-0.25, -0.2) is 0 Å². The molecule has 0 radical (unpaired) electrons. The molecule has 0 aliphatic carbocycles. The molecule has 0 atom stereocenters. The Bertz CT molecular complexity index is 923. The summed E-state index contributed by atoms with van der Waals surface area (Å²) in [4.78, 5) is 15.4. The number of carbonyl (C=O) groups is 1. The predicted molar refractivity (Wildman–Crippen MR) is 98.4 cm³/mol. The number of aromatic amines is 1. The maximum absolute atomic E-state index is 12.2. The number of fused-ring (bicyclic) bond motifs is 1. The average Bonchev–Trinajstić information content (AvgIpc) is 2.99. The van der Waals surface area contributed by atoms with Crippen LogP contribution in [0.4, 0.5) is 5.69 Å². The maximum Gasteiger partial charge on any atom is 0.248 e. The molecule has 4 nitrogen and oxygen atoms in total. The third kappa shape index (κ3) is 3.18. The van der Waals surface area contributed by atoms with Crippen LogP contribution in [-0.2, 0) is 4.79 Å². The molecule has 1 aromatic heterocycles. The number of benzene rings is 2. The molecule has 0 unspecified atom stereocenters. The summed E-state index contributed by atoms with van der Waals surface area (Å²) in [6.45, 7) is 4.03. The Morgan fingerprint density at radius 3 is 2.83 bits per heavy atom. The molecule has 0 spiro atoms. The first kappa shape index (κ1) is 15.9. The number of nitrogens with one attached hydrogen (secondary N) is 2. The number of anilines is 1. The van der Waals surface area contributed by atoms with Crippen LogP contribution < -0.4 is 10.1 Å². The van der Waals surface area contributed by atoms with Crippen LogP contribution in [0.3, 0.4) is 0 Å². The highest BCUT2D eigenvalue weighted by molar-refractivity contribution is 6.04. The standard InChI is InChI=1S/C20H20N2O2/c1-13-5-4-6-18(14(13)2)22-20(23)10-7-15-12-21-19-9-8-16(24-3)11-17(15)19/h4-12,21H,1-3H3,(H,22,23)/b10-7+. The molecule has 4 heteroatoms. The predicted octanol–water partition coefficient (Wildman–Crippen LogP) is 4.45. The molecule has 24 heavy (non-hydrogen) atoms. The number of methoxy groups -OCH3 is 1. The van der Waals surface area contributed by atoms with E-state index in [1.54, 1.807) is 19.3 Å². The van der Waals surface area contributed by atoms with E-state index in [2.05, 4.69) is 10.3 Å². The third-order valence-corrected chi connectivity index (χ3v) is 4.20. The first-order valence-electron chi connectivity index (χ1n) is 7.79. The Morgan fingerprint density at radius 2 is 2.04 bits per heavy atom. The van der Waals surface area contributed by atoms with E-state index in [0.29, 0.717) is 0 Å². The van der Waals surface area contributed by atoms with Gasteiger partial charge in [0.1, 0.15) is 5.75 Å². The molecule has 1 amide bonds. The van der Waals surface area contributed by atoms with Crippen molar-refractivity contribution in [2.75, 3.05) is 12.4 Å². The van der Waals surface area contributed by atoms with Gasteiger partial charge < -0.3 is 15.0 Å². The monoisotopic (exact) mass is 320 g/mol. The van der Waals surface area contributed by atoms with Crippen LogP contribution in [0.15, 0.2) is 48.7 Å². The maximum atomic E-state index is 12.2. The van der Waals surface area contributed by atoms with Crippen molar-refractivity contribution in [1.29, 1.82) is 0 Å². The highest BCUT2D eigenvalue weighted by atomic mass is 16.5. The molecule has 122 valence electrons. The summed E-state index contributed by atoms with van der Waals surface area (Å²) in [7, 11) is 1.64. The molecule has 0 aliphatic rings. The lowest BCUT2D eigenvalue weighted by Gasteiger charge is -2.08. The van der Waals surface area contributed by atoms with E-state index in [-0.39, 0.29) is 5.91 Å². The second kappa shape index (κ2) is 6.62. The Labute approximate surface area is 141 Å². The summed E-state index contributed by atoms with van der Waals surface area (Å²) in [5, 5.41) is 3.94. The smallest absolute Gasteiger partial charge is 0.248 e. The summed E-state index contributed by atoms with van der Waals surface area (Å²) in [5.41, 5.74) is 5.02. The van der Waals surface area contributed by atoms with E-state index in [9.17, 15) is 4.79 Å². The molecule has 0 fully saturated rings. The van der Waals surface area contributed by atoms with E-state index in [1.165, 1.54) is 0 Å². The van der Waals surface area contributed by atoms with Gasteiger partial charge in [0.15, 0.2) is 0 Å². The Balaban J connectivity index is 1.80. The summed E-state index contributed by atoms with van der Waals surface area (Å²) in [5.74, 6) is 0.637. The second-order valence-corrected chi connectivity index (χ2v) is 5.73. The van der Waals surface area contributed by atoms with Crippen molar-refractivity contribution in [3.8, 4) is 5.75 Å². The third-order valence-electron chi connectivity index (χ3n) is 4.20. The largest absolute Gasteiger partial charge is 0.497 e. The quantitative estimate of drug-likeness (QED) is 0.698. The second-order valence-electron chi connectivity index (χ2n) is 5.73. The lowest BCUT2D eigenvalue weighted by Crippen LogP contribution is -2.09. The first-order chi connectivity index (χ1) is 11.6. The first-order valence-corrected chi connectivity index (χ1v) is 7.79. The van der Waals surface area contributed by atoms with Gasteiger partial charge in [-0.3, -0.25) is 4.79 Å². The van der Waals surface area contributed by atoms with E-state index in [4.69, 9.17) is 4.74 Å². The van der Waals surface area contributed by atoms with Crippen LogP contribution in [0.25, 0.3) is 17.0 Å². The van der Waals surface area contributed by atoms with Crippen molar-refractivity contribution < 1.29 is 9.53 Å². The fourth-order valence-corrected chi connectivity index (χ4v) is 2.61. The van der Waals surface area contributed by atoms with Gasteiger partial charge in [0.25, 0.3) is 0 Å². The van der Waals surface area contributed by atoms with Gasteiger partial charge in [-0.15, -0.1) is 0 Å². The lowest BCUT2D eigenvalue weighted by molar-refractivity contribution is -0.111. The summed E-state index contributed by atoms with van der Waals surface area (Å²) < 4.78 is 5.26. The van der Waals surface area contributed by atoms with Crippen molar-refractivity contribution in [3.05, 3.63) is 65.4 Å². The molecule has 0 bridgehead atoms. The Hall–Kier alpha value is -3.01. The average molecular weight is 320 g/mol. The van der Waals surface area contributed by atoms with Crippen molar-refractivity contribution in [2.24, 2.45) is 0 Å². The Morgan fingerprint density at radius 1 is 1.21 bits per heavy atom. The molecule has 1 heterocycles. The van der Waals surface area contributed by atoms with Crippen LogP contribution in [-0.4, -0.2) is 18.0 Å². The molecule has 0 aliphatic heterocycles.